The maximum absolute atomic E-state index is 12.1. The Bertz CT molecular complexity index is 398. The van der Waals surface area contributed by atoms with Gasteiger partial charge in [0.15, 0.2) is 0 Å². The molecule has 0 atom stereocenters. The van der Waals surface area contributed by atoms with E-state index in [0.717, 1.165) is 12.8 Å². The van der Waals surface area contributed by atoms with Gasteiger partial charge in [0.2, 0.25) is 0 Å². The Hall–Kier alpha value is -0.800. The van der Waals surface area contributed by atoms with Gasteiger partial charge < -0.3 is 4.90 Å². The Morgan fingerprint density at radius 1 is 1.38 bits per heavy atom. The van der Waals surface area contributed by atoms with Crippen molar-refractivity contribution < 1.29 is 4.79 Å². The monoisotopic (exact) mass is 258 g/mol. The van der Waals surface area contributed by atoms with Gasteiger partial charge in [0.1, 0.15) is 10.3 Å². The quantitative estimate of drug-likeness (QED) is 0.765. The Kier molecular flexibility index (Phi) is 3.36. The van der Waals surface area contributed by atoms with Crippen molar-refractivity contribution in [2.45, 2.75) is 25.3 Å². The first-order chi connectivity index (χ1) is 7.58. The van der Waals surface area contributed by atoms with Crippen molar-refractivity contribution >= 4 is 29.1 Å². The van der Waals surface area contributed by atoms with E-state index in [-0.39, 0.29) is 16.2 Å². The molecule has 2 rings (SSSR count). The van der Waals surface area contributed by atoms with Gasteiger partial charge in [-0.15, -0.1) is 0 Å². The number of carbonyl (C=O) groups is 1. The van der Waals surface area contributed by atoms with Gasteiger partial charge in [-0.25, -0.2) is 4.98 Å². The molecule has 3 nitrogen and oxygen atoms in total. The van der Waals surface area contributed by atoms with Crippen LogP contribution in [-0.2, 0) is 0 Å². The van der Waals surface area contributed by atoms with Crippen molar-refractivity contribution in [3.05, 3.63) is 28.0 Å². The predicted octanol–water partition coefficient (Wildman–Crippen LogP) is 3.01. The second kappa shape index (κ2) is 4.60. The molecule has 1 fully saturated rings. The summed E-state index contributed by atoms with van der Waals surface area (Å²) in [6.07, 6.45) is 3.35. The van der Waals surface area contributed by atoms with E-state index < -0.39 is 0 Å². The molecule has 0 saturated heterocycles. The van der Waals surface area contributed by atoms with E-state index in [1.807, 2.05) is 7.05 Å². The molecule has 1 heterocycles. The molecular weight excluding hydrogens is 247 g/mol. The van der Waals surface area contributed by atoms with Gasteiger partial charge >= 0.3 is 0 Å². The van der Waals surface area contributed by atoms with E-state index in [1.54, 1.807) is 17.0 Å². The van der Waals surface area contributed by atoms with Crippen LogP contribution in [-0.4, -0.2) is 28.9 Å². The van der Waals surface area contributed by atoms with Crippen molar-refractivity contribution in [3.8, 4) is 0 Å². The number of amides is 1. The molecule has 0 aromatic carbocycles. The second-order valence-corrected chi connectivity index (χ2v) is 4.78. The number of halogens is 2. The van der Waals surface area contributed by atoms with E-state index in [4.69, 9.17) is 23.2 Å². The summed E-state index contributed by atoms with van der Waals surface area (Å²) in [6.45, 7) is 0. The lowest BCUT2D eigenvalue weighted by molar-refractivity contribution is 0.0652. The van der Waals surface area contributed by atoms with Crippen LogP contribution in [0.4, 0.5) is 0 Å². The Labute approximate surface area is 104 Å². The molecule has 0 aliphatic heterocycles. The van der Waals surface area contributed by atoms with Gasteiger partial charge in [-0.1, -0.05) is 23.2 Å². The van der Waals surface area contributed by atoms with Crippen LogP contribution in [0, 0.1) is 0 Å². The zero-order chi connectivity index (χ0) is 11.7. The number of aromatic nitrogens is 1. The fraction of sp³-hybridized carbons (Fsp3) is 0.455. The Morgan fingerprint density at radius 3 is 2.38 bits per heavy atom. The van der Waals surface area contributed by atoms with Crippen LogP contribution in [0.15, 0.2) is 12.1 Å². The van der Waals surface area contributed by atoms with Gasteiger partial charge in [0.25, 0.3) is 5.91 Å². The van der Waals surface area contributed by atoms with Gasteiger partial charge in [-0.2, -0.15) is 0 Å². The molecule has 1 saturated carbocycles. The molecule has 0 spiro atoms. The minimum absolute atomic E-state index is 0.0455. The van der Waals surface area contributed by atoms with E-state index in [1.165, 1.54) is 6.42 Å². The molecule has 1 aliphatic carbocycles. The van der Waals surface area contributed by atoms with E-state index >= 15 is 0 Å². The molecule has 0 radical (unpaired) electrons. The van der Waals surface area contributed by atoms with Crippen LogP contribution in [0.2, 0.25) is 10.3 Å². The number of pyridine rings is 1. The second-order valence-electron chi connectivity index (χ2n) is 4.00. The topological polar surface area (TPSA) is 33.2 Å². The molecule has 1 amide bonds. The highest BCUT2D eigenvalue weighted by Gasteiger charge is 2.26. The molecule has 86 valence electrons. The highest BCUT2D eigenvalue weighted by Crippen LogP contribution is 2.25. The lowest BCUT2D eigenvalue weighted by Gasteiger charge is -2.34. The number of carbonyl (C=O) groups excluding carboxylic acids is 1. The van der Waals surface area contributed by atoms with Crippen LogP contribution in [0.1, 0.15) is 29.6 Å². The molecule has 1 aromatic heterocycles. The average molecular weight is 259 g/mol. The third kappa shape index (κ3) is 2.30. The lowest BCUT2D eigenvalue weighted by Crippen LogP contribution is -2.41. The normalized spacial score (nSPS) is 15.7. The van der Waals surface area contributed by atoms with Crippen LogP contribution in [0.3, 0.4) is 0 Å². The number of hydrogen-bond acceptors (Lipinski definition) is 2. The smallest absolute Gasteiger partial charge is 0.254 e. The first-order valence-corrected chi connectivity index (χ1v) is 5.94. The first-order valence-electron chi connectivity index (χ1n) is 5.18. The van der Waals surface area contributed by atoms with Crippen molar-refractivity contribution in [2.75, 3.05) is 7.05 Å². The number of hydrogen-bond donors (Lipinski definition) is 0. The van der Waals surface area contributed by atoms with Crippen molar-refractivity contribution in [1.82, 2.24) is 9.88 Å². The maximum Gasteiger partial charge on any atom is 0.254 e. The number of rotatable bonds is 2. The van der Waals surface area contributed by atoms with Crippen LogP contribution < -0.4 is 0 Å². The maximum atomic E-state index is 12.1. The molecule has 16 heavy (non-hydrogen) atoms. The summed E-state index contributed by atoms with van der Waals surface area (Å²) in [5.41, 5.74) is 0.499. The summed E-state index contributed by atoms with van der Waals surface area (Å²) < 4.78 is 0. The van der Waals surface area contributed by atoms with Crippen LogP contribution in [0.25, 0.3) is 0 Å². The summed E-state index contributed by atoms with van der Waals surface area (Å²) in [5.74, 6) is -0.0455. The van der Waals surface area contributed by atoms with Crippen LogP contribution >= 0.6 is 23.2 Å². The fourth-order valence-corrected chi connectivity index (χ4v) is 2.19. The van der Waals surface area contributed by atoms with Gasteiger partial charge in [0.05, 0.1) is 0 Å². The summed E-state index contributed by atoms with van der Waals surface area (Å²) in [7, 11) is 1.81. The Balaban J connectivity index is 2.19. The minimum atomic E-state index is -0.0455. The van der Waals surface area contributed by atoms with Gasteiger partial charge in [0, 0.05) is 18.7 Å². The fourth-order valence-electron chi connectivity index (χ4n) is 1.73. The molecule has 5 heteroatoms. The molecule has 0 unspecified atom stereocenters. The first kappa shape index (κ1) is 11.7. The van der Waals surface area contributed by atoms with Crippen molar-refractivity contribution in [2.24, 2.45) is 0 Å². The summed E-state index contributed by atoms with van der Waals surface area (Å²) in [6, 6.07) is 3.45. The third-order valence-corrected chi connectivity index (χ3v) is 3.34. The van der Waals surface area contributed by atoms with E-state index in [9.17, 15) is 4.79 Å². The van der Waals surface area contributed by atoms with Crippen molar-refractivity contribution in [3.63, 3.8) is 0 Å². The van der Waals surface area contributed by atoms with Gasteiger partial charge in [-0.05, 0) is 31.4 Å². The molecule has 1 aromatic rings. The highest BCUT2D eigenvalue weighted by atomic mass is 35.5. The SMILES string of the molecule is CN(C(=O)c1cc(Cl)nc(Cl)c1)C1CCC1. The average Bonchev–Trinajstić information content (AvgIpc) is 2.12. The molecule has 0 bridgehead atoms. The minimum Gasteiger partial charge on any atom is -0.339 e. The largest absolute Gasteiger partial charge is 0.339 e. The van der Waals surface area contributed by atoms with E-state index in [2.05, 4.69) is 4.98 Å². The molecule has 0 N–H and O–H groups in total. The number of nitrogens with zero attached hydrogens (tertiary/aromatic N) is 2. The zero-order valence-electron chi connectivity index (χ0n) is 8.91. The summed E-state index contributed by atoms with van der Waals surface area (Å²) >= 11 is 11.5. The predicted molar refractivity (Wildman–Crippen MR) is 64.0 cm³/mol. The summed E-state index contributed by atoms with van der Waals surface area (Å²) in [4.78, 5) is 17.6. The molecular formula is C11H12Cl2N2O. The van der Waals surface area contributed by atoms with Crippen LogP contribution in [0.5, 0.6) is 0 Å². The van der Waals surface area contributed by atoms with Gasteiger partial charge in [-0.3, -0.25) is 4.79 Å². The highest BCUT2D eigenvalue weighted by molar-refractivity contribution is 6.33. The van der Waals surface area contributed by atoms with Crippen molar-refractivity contribution in [1.29, 1.82) is 0 Å². The summed E-state index contributed by atoms with van der Waals surface area (Å²) in [5, 5.41) is 0.496. The third-order valence-electron chi connectivity index (χ3n) is 2.95. The zero-order valence-corrected chi connectivity index (χ0v) is 10.4. The Morgan fingerprint density at radius 2 is 1.94 bits per heavy atom. The molecule has 1 aliphatic rings. The standard InChI is InChI=1S/C11H12Cl2N2O/c1-15(8-3-2-4-8)11(16)7-5-9(12)14-10(13)6-7/h5-6,8H,2-4H2,1H3. The lowest BCUT2D eigenvalue weighted by atomic mass is 9.91. The van der Waals surface area contributed by atoms with E-state index in [0.29, 0.717) is 11.6 Å².